The van der Waals surface area contributed by atoms with E-state index in [9.17, 15) is 58.9 Å². The molecule has 2 fully saturated rings. The Balaban J connectivity index is 1.95. The first-order valence-corrected chi connectivity index (χ1v) is 22.6. The summed E-state index contributed by atoms with van der Waals surface area (Å²) in [5.41, 5.74) is 0.195. The third kappa shape index (κ3) is 13.9. The highest BCUT2D eigenvalue weighted by molar-refractivity contribution is 6.37. The van der Waals surface area contributed by atoms with Gasteiger partial charge in [0.15, 0.2) is 11.5 Å². The number of likely N-dealkylation sites (tertiary alicyclic amines) is 2. The molecule has 7 N–H and O–H groups in total. The van der Waals surface area contributed by atoms with Crippen LogP contribution in [0.1, 0.15) is 100.0 Å². The first-order chi connectivity index (χ1) is 30.7. The zero-order chi connectivity index (χ0) is 50.1. The second kappa shape index (κ2) is 24.0. The Bertz CT molecular complexity index is 1990. The van der Waals surface area contributed by atoms with E-state index < -0.39 is 114 Å². The van der Waals surface area contributed by atoms with Crippen molar-refractivity contribution in [1.82, 2.24) is 30.8 Å². The fraction of sp³-hybridized carbons (Fsp3) is 0.636. The third-order valence-corrected chi connectivity index (χ3v) is 11.9. The van der Waals surface area contributed by atoms with Crippen molar-refractivity contribution >= 4 is 76.7 Å². The summed E-state index contributed by atoms with van der Waals surface area (Å²) < 4.78 is 10.6. The first kappa shape index (κ1) is 55.1. The number of aliphatic carboxylic acids is 1. The minimum Gasteiger partial charge on any atom is -0.503 e. The minimum absolute atomic E-state index is 0.0245. The molecule has 66 heavy (non-hydrogen) atoms. The summed E-state index contributed by atoms with van der Waals surface area (Å²) in [6, 6.07) is -6.92. The largest absolute Gasteiger partial charge is 0.503 e. The normalized spacial score (nSPS) is 20.9. The van der Waals surface area contributed by atoms with Gasteiger partial charge in [0.05, 0.1) is 29.3 Å². The lowest BCUT2D eigenvalue weighted by Gasteiger charge is -2.36. The lowest BCUT2D eigenvalue weighted by molar-refractivity contribution is -0.190. The molecule has 0 aliphatic carbocycles. The van der Waals surface area contributed by atoms with Crippen LogP contribution in [0.2, 0.25) is 10.0 Å². The van der Waals surface area contributed by atoms with Gasteiger partial charge in [-0.2, -0.15) is 0 Å². The first-order valence-electron chi connectivity index (χ1n) is 21.8. The van der Waals surface area contributed by atoms with Gasteiger partial charge in [0.1, 0.15) is 42.4 Å². The van der Waals surface area contributed by atoms with Crippen molar-refractivity contribution in [3.63, 3.8) is 0 Å². The molecule has 0 saturated carbocycles. The lowest BCUT2D eigenvalue weighted by atomic mass is 9.98. The van der Waals surface area contributed by atoms with Crippen LogP contribution < -0.4 is 20.7 Å². The van der Waals surface area contributed by atoms with Crippen LogP contribution in [0, 0.1) is 17.8 Å². The fourth-order valence-corrected chi connectivity index (χ4v) is 8.82. The van der Waals surface area contributed by atoms with E-state index in [1.165, 1.54) is 33.1 Å². The monoisotopic (exact) mass is 970 g/mol. The van der Waals surface area contributed by atoms with Gasteiger partial charge in [0.2, 0.25) is 23.6 Å². The summed E-state index contributed by atoms with van der Waals surface area (Å²) in [4.78, 5) is 110. The molecule has 20 nitrogen and oxygen atoms in total. The number of amides is 6. The van der Waals surface area contributed by atoms with Crippen molar-refractivity contribution in [3.05, 3.63) is 33.5 Å². The Labute approximate surface area is 394 Å². The Morgan fingerprint density at radius 2 is 1.45 bits per heavy atom. The van der Waals surface area contributed by atoms with E-state index in [2.05, 4.69) is 16.0 Å². The van der Waals surface area contributed by atoms with Gasteiger partial charge in [-0.3, -0.25) is 38.8 Å². The number of benzene rings is 1. The number of carbonyl (C=O) groups excluding carboxylic acids is 7. The van der Waals surface area contributed by atoms with E-state index in [4.69, 9.17) is 32.7 Å². The van der Waals surface area contributed by atoms with E-state index >= 15 is 0 Å². The van der Waals surface area contributed by atoms with E-state index in [1.54, 1.807) is 41.5 Å². The number of carbonyl (C=O) groups is 8. The van der Waals surface area contributed by atoms with Crippen molar-refractivity contribution in [3.8, 4) is 5.75 Å². The van der Waals surface area contributed by atoms with Crippen molar-refractivity contribution in [2.24, 2.45) is 17.8 Å². The van der Waals surface area contributed by atoms with Crippen LogP contribution >= 0.6 is 23.2 Å². The summed E-state index contributed by atoms with van der Waals surface area (Å²) in [7, 11) is 1.35. The number of aliphatic hydroxyl groups excluding tert-OH is 2. The van der Waals surface area contributed by atoms with Crippen LogP contribution in [0.4, 0.5) is 0 Å². The number of carboxylic acids is 1. The van der Waals surface area contributed by atoms with Crippen LogP contribution in [0.5, 0.6) is 5.75 Å². The van der Waals surface area contributed by atoms with Gasteiger partial charge in [0.25, 0.3) is 11.8 Å². The molecule has 9 atom stereocenters. The Hall–Kier alpha value is -5.18. The molecule has 1 aromatic carbocycles. The highest BCUT2D eigenvalue weighted by Gasteiger charge is 2.50. The predicted octanol–water partition coefficient (Wildman–Crippen LogP) is 3.07. The number of halogens is 2. The van der Waals surface area contributed by atoms with Gasteiger partial charge in [-0.25, -0.2) is 9.86 Å². The number of hydroxylamine groups is 2. The van der Waals surface area contributed by atoms with Crippen LogP contribution in [-0.4, -0.2) is 151 Å². The number of hydrogen-bond donors (Lipinski definition) is 7. The molecule has 0 radical (unpaired) electrons. The van der Waals surface area contributed by atoms with Gasteiger partial charge in [-0.15, -0.1) is 0 Å². The number of esters is 1. The van der Waals surface area contributed by atoms with Crippen LogP contribution in [0.25, 0.3) is 6.08 Å². The number of methoxy groups -OCH3 is 1. The van der Waals surface area contributed by atoms with E-state index in [1.807, 2.05) is 0 Å². The number of nitrogens with zero attached hydrogens (tertiary/aromatic N) is 3. The number of ether oxygens (including phenoxy) is 2. The van der Waals surface area contributed by atoms with E-state index in [-0.39, 0.29) is 70.5 Å². The number of rotatable bonds is 20. The van der Waals surface area contributed by atoms with E-state index in [0.29, 0.717) is 6.42 Å². The van der Waals surface area contributed by atoms with E-state index in [0.717, 1.165) is 22.8 Å². The molecule has 0 aromatic heterocycles. The third-order valence-electron chi connectivity index (χ3n) is 11.3. The Morgan fingerprint density at radius 1 is 0.879 bits per heavy atom. The van der Waals surface area contributed by atoms with Gasteiger partial charge >= 0.3 is 11.9 Å². The molecule has 0 spiro atoms. The average Bonchev–Trinajstić information content (AvgIpc) is 3.83. The SMILES string of the molecule is COc1c(Cl)cc(/C=C(\O)C(=O)N[C@H](C(=O)N[C@@H](CC(C)C)C(=O)N2[C@H](C)[C@@H](OC(C)=O)C[C@H]2C(=O)N[C@@H](CC(C)C)C(=O)N(O)[C@H](C(=O)N2CCC[C@H]2C(=O)O)C(C)C)[C@@H](C)O)cc1Cl. The minimum atomic E-state index is -1.73. The highest BCUT2D eigenvalue weighted by atomic mass is 35.5. The molecule has 2 heterocycles. The maximum absolute atomic E-state index is 14.7. The van der Waals surface area contributed by atoms with Crippen molar-refractivity contribution in [1.29, 1.82) is 0 Å². The fourth-order valence-electron chi connectivity index (χ4n) is 8.16. The smallest absolute Gasteiger partial charge is 0.326 e. The number of nitrogens with one attached hydrogen (secondary N) is 3. The highest BCUT2D eigenvalue weighted by Crippen LogP contribution is 2.35. The zero-order valence-corrected chi connectivity index (χ0v) is 40.4. The molecule has 2 aliphatic rings. The van der Waals surface area contributed by atoms with Crippen molar-refractivity contribution in [2.45, 2.75) is 149 Å². The molecule has 22 heteroatoms. The maximum atomic E-state index is 14.7. The Morgan fingerprint density at radius 3 is 1.95 bits per heavy atom. The molecule has 1 aromatic rings. The zero-order valence-electron chi connectivity index (χ0n) is 38.9. The van der Waals surface area contributed by atoms with Gasteiger partial charge in [-0.1, -0.05) is 64.7 Å². The average molecular weight is 972 g/mol. The van der Waals surface area contributed by atoms with Crippen molar-refractivity contribution < 1.29 is 68.4 Å². The molecule has 368 valence electrons. The summed E-state index contributed by atoms with van der Waals surface area (Å²) in [6.45, 7) is 14.1. The summed E-state index contributed by atoms with van der Waals surface area (Å²) >= 11 is 12.4. The number of hydrogen-bond acceptors (Lipinski definition) is 13. The maximum Gasteiger partial charge on any atom is 0.326 e. The molecular formula is C44H64Cl2N6O14. The molecule has 0 bridgehead atoms. The summed E-state index contributed by atoms with van der Waals surface area (Å²) in [6.07, 6.45) is -1.30. The van der Waals surface area contributed by atoms with Crippen LogP contribution in [-0.2, 0) is 43.1 Å². The van der Waals surface area contributed by atoms with Gasteiger partial charge < -0.3 is 50.5 Å². The molecule has 0 unspecified atom stereocenters. The second-order valence-electron chi connectivity index (χ2n) is 17.9. The van der Waals surface area contributed by atoms with Crippen molar-refractivity contribution in [2.75, 3.05) is 13.7 Å². The second-order valence-corrected chi connectivity index (χ2v) is 18.7. The topological polar surface area (TPSA) is 282 Å². The number of carboxylic acid groups (broad SMARTS) is 1. The predicted molar refractivity (Wildman–Crippen MR) is 240 cm³/mol. The quantitative estimate of drug-likeness (QED) is 0.0325. The van der Waals surface area contributed by atoms with Crippen LogP contribution in [0.3, 0.4) is 0 Å². The molecule has 2 saturated heterocycles. The number of aliphatic hydroxyl groups is 2. The molecular weight excluding hydrogens is 907 g/mol. The van der Waals surface area contributed by atoms with Gasteiger partial charge in [-0.05, 0) is 81.1 Å². The molecule has 2 aliphatic heterocycles. The molecule has 6 amide bonds. The summed E-state index contributed by atoms with van der Waals surface area (Å²) in [5.74, 6) is -9.66. The standard InChI is InChI=1S/C44H64Cl2N6O14/c1-20(2)14-29(48-40(58)35(24(8)53)49-39(57)33(55)18-26-16-27(45)37(65-10)28(46)17-26)41(59)51-23(7)34(66-25(9)54)19-32(51)38(56)47-30(15-21(3)4)42(60)52(64)36(22(5)6)43(61)50-13-11-12-31(50)44(62)63/h16-18,20-24,29-32,34-36,53,55,64H,11-15,19H2,1-10H3,(H,47,56)(H,48,58)(H,49,57)(H,62,63)/b33-18-/t23-,24-,29+,30+,31+,32+,34+,35+,36+/m1/s1. The molecule has 3 rings (SSSR count). The Kier molecular flexibility index (Phi) is 20.1. The summed E-state index contributed by atoms with van der Waals surface area (Å²) in [5, 5.41) is 50.3. The van der Waals surface area contributed by atoms with Gasteiger partial charge in [0, 0.05) is 19.9 Å². The lowest BCUT2D eigenvalue weighted by Crippen LogP contribution is -2.61. The van der Waals surface area contributed by atoms with Crippen LogP contribution in [0.15, 0.2) is 17.9 Å².